The van der Waals surface area contributed by atoms with Crippen LogP contribution in [0.2, 0.25) is 0 Å². The molecule has 2 N–H and O–H groups in total. The molecule has 104 valence electrons. The Morgan fingerprint density at radius 3 is 2.84 bits per heavy atom. The van der Waals surface area contributed by atoms with Crippen LogP contribution in [0, 0.1) is 17.8 Å². The number of aliphatic hydroxyl groups excluding tert-OH is 1. The number of hydrogen-bond acceptors (Lipinski definition) is 3. The van der Waals surface area contributed by atoms with Crippen LogP contribution in [0.3, 0.4) is 0 Å². The molecule has 0 fully saturated rings. The number of hydrogen-bond donors (Lipinski definition) is 2. The van der Waals surface area contributed by atoms with E-state index < -0.39 is 0 Å². The van der Waals surface area contributed by atoms with Crippen LogP contribution in [0.5, 0.6) is 0 Å². The molecule has 1 aromatic heterocycles. The topological polar surface area (TPSA) is 49.3 Å². The second-order valence-corrected chi connectivity index (χ2v) is 5.26. The van der Waals surface area contributed by atoms with Gasteiger partial charge in [-0.25, -0.2) is 0 Å². The van der Waals surface area contributed by atoms with E-state index in [1.165, 1.54) is 0 Å². The Balaban J connectivity index is 2.57. The van der Waals surface area contributed by atoms with Crippen LogP contribution in [0.4, 0.5) is 0 Å². The highest BCUT2D eigenvalue weighted by molar-refractivity contribution is 7.10. The van der Waals surface area contributed by atoms with Crippen LogP contribution in [0.15, 0.2) is 11.4 Å². The van der Waals surface area contributed by atoms with Gasteiger partial charge in [0.2, 0.25) is 5.91 Å². The van der Waals surface area contributed by atoms with Gasteiger partial charge in [0, 0.05) is 22.8 Å². The van der Waals surface area contributed by atoms with Crippen molar-refractivity contribution in [1.29, 1.82) is 0 Å². The molecule has 0 spiro atoms. The highest BCUT2D eigenvalue weighted by Gasteiger charge is 2.14. The maximum atomic E-state index is 11.9. The summed E-state index contributed by atoms with van der Waals surface area (Å²) >= 11 is 1.60. The molecule has 0 atom stereocenters. The van der Waals surface area contributed by atoms with Gasteiger partial charge in [-0.05, 0) is 24.3 Å². The predicted octanol–water partition coefficient (Wildman–Crippen LogP) is 2.53. The largest absolute Gasteiger partial charge is 0.395 e. The molecule has 0 saturated carbocycles. The maximum absolute atomic E-state index is 11.9. The number of aliphatic hydroxyl groups is 1. The molecule has 1 heterocycles. The summed E-state index contributed by atoms with van der Waals surface area (Å²) in [6, 6.07) is 1.95. The minimum atomic E-state index is 0.0812. The van der Waals surface area contributed by atoms with Gasteiger partial charge in [-0.15, -0.1) is 11.3 Å². The van der Waals surface area contributed by atoms with Crippen LogP contribution >= 0.6 is 11.3 Å². The average molecular weight is 279 g/mol. The fraction of sp³-hybridized carbons (Fsp3) is 0.533. The van der Waals surface area contributed by atoms with Crippen LogP contribution in [0.1, 0.15) is 43.6 Å². The van der Waals surface area contributed by atoms with Gasteiger partial charge in [0.05, 0.1) is 13.2 Å². The number of rotatable bonds is 6. The second-order valence-electron chi connectivity index (χ2n) is 4.26. The number of amides is 1. The summed E-state index contributed by atoms with van der Waals surface area (Å²) in [5.74, 6) is 6.15. The fourth-order valence-electron chi connectivity index (χ4n) is 1.77. The fourth-order valence-corrected chi connectivity index (χ4v) is 2.54. The van der Waals surface area contributed by atoms with Gasteiger partial charge in [0.25, 0.3) is 0 Å². The summed E-state index contributed by atoms with van der Waals surface area (Å²) in [7, 11) is 0. The Kier molecular flexibility index (Phi) is 7.24. The van der Waals surface area contributed by atoms with Crippen LogP contribution in [-0.2, 0) is 11.3 Å². The third kappa shape index (κ3) is 5.06. The van der Waals surface area contributed by atoms with Crippen LogP contribution in [0.25, 0.3) is 0 Å². The molecule has 0 bridgehead atoms. The van der Waals surface area contributed by atoms with E-state index in [0.29, 0.717) is 13.0 Å². The first-order valence-corrected chi connectivity index (χ1v) is 7.54. The number of carbonyl (C=O) groups excluding carboxylic acids is 1. The zero-order chi connectivity index (χ0) is 14.1. The Bertz CT molecular complexity index is 452. The van der Waals surface area contributed by atoms with E-state index in [1.807, 2.05) is 25.3 Å². The highest BCUT2D eigenvalue weighted by atomic mass is 32.1. The highest BCUT2D eigenvalue weighted by Crippen LogP contribution is 2.16. The van der Waals surface area contributed by atoms with Gasteiger partial charge in [-0.1, -0.05) is 25.7 Å². The molecule has 0 radical (unpaired) electrons. The third-order valence-corrected chi connectivity index (χ3v) is 3.91. The van der Waals surface area contributed by atoms with Crippen molar-refractivity contribution >= 4 is 17.2 Å². The molecule has 0 aliphatic carbocycles. The van der Waals surface area contributed by atoms with Crippen molar-refractivity contribution in [2.75, 3.05) is 6.61 Å². The Hall–Kier alpha value is -1.31. The molecule has 0 aromatic carbocycles. The first-order chi connectivity index (χ1) is 9.22. The Morgan fingerprint density at radius 1 is 1.47 bits per heavy atom. The number of thiophene rings is 1. The molecule has 4 heteroatoms. The SMILES string of the molecule is CCC(CC)C(=O)NCc1sccc1C#CCCO. The van der Waals surface area contributed by atoms with Crippen molar-refractivity contribution in [2.24, 2.45) is 5.92 Å². The summed E-state index contributed by atoms with van der Waals surface area (Å²) in [5, 5.41) is 13.6. The minimum absolute atomic E-state index is 0.0812. The van der Waals surface area contributed by atoms with Crippen molar-refractivity contribution in [2.45, 2.75) is 39.7 Å². The van der Waals surface area contributed by atoms with Gasteiger partial charge in [-0.3, -0.25) is 4.79 Å². The lowest BCUT2D eigenvalue weighted by molar-refractivity contribution is -0.125. The summed E-state index contributed by atoms with van der Waals surface area (Å²) in [6.07, 6.45) is 2.22. The molecular weight excluding hydrogens is 258 g/mol. The lowest BCUT2D eigenvalue weighted by Crippen LogP contribution is -2.29. The predicted molar refractivity (Wildman–Crippen MR) is 78.8 cm³/mol. The molecule has 0 aliphatic heterocycles. The second kappa shape index (κ2) is 8.73. The van der Waals surface area contributed by atoms with E-state index in [1.54, 1.807) is 11.3 Å². The summed E-state index contributed by atoms with van der Waals surface area (Å²) in [4.78, 5) is 13.0. The zero-order valence-corrected chi connectivity index (χ0v) is 12.3. The standard InChI is InChI=1S/C15H21NO2S/c1-3-12(4-2)15(18)16-11-14-13(8-10-19-14)7-5-6-9-17/h8,10,12,17H,3-4,6,9,11H2,1-2H3,(H,16,18). The van der Waals surface area contributed by atoms with Crippen LogP contribution < -0.4 is 5.32 Å². The molecule has 0 unspecified atom stereocenters. The molecular formula is C15H21NO2S. The number of nitrogens with one attached hydrogen (secondary N) is 1. The molecule has 3 nitrogen and oxygen atoms in total. The molecule has 0 aliphatic rings. The van der Waals surface area contributed by atoms with E-state index in [9.17, 15) is 4.79 Å². The molecule has 1 rings (SSSR count). The summed E-state index contributed by atoms with van der Waals surface area (Å²) < 4.78 is 0. The summed E-state index contributed by atoms with van der Waals surface area (Å²) in [5.41, 5.74) is 0.947. The third-order valence-electron chi connectivity index (χ3n) is 2.98. The van der Waals surface area contributed by atoms with Gasteiger partial charge in [0.15, 0.2) is 0 Å². The molecule has 1 aromatic rings. The minimum Gasteiger partial charge on any atom is -0.395 e. The van der Waals surface area contributed by atoms with Gasteiger partial charge in [-0.2, -0.15) is 0 Å². The van der Waals surface area contributed by atoms with E-state index >= 15 is 0 Å². The smallest absolute Gasteiger partial charge is 0.223 e. The van der Waals surface area contributed by atoms with E-state index in [0.717, 1.165) is 23.3 Å². The molecule has 19 heavy (non-hydrogen) atoms. The first kappa shape index (κ1) is 15.7. The van der Waals surface area contributed by atoms with Crippen molar-refractivity contribution in [3.05, 3.63) is 21.9 Å². The van der Waals surface area contributed by atoms with E-state index in [-0.39, 0.29) is 18.4 Å². The van der Waals surface area contributed by atoms with Crippen molar-refractivity contribution in [3.8, 4) is 11.8 Å². The number of carbonyl (C=O) groups is 1. The quantitative estimate of drug-likeness (QED) is 0.786. The van der Waals surface area contributed by atoms with E-state index in [4.69, 9.17) is 5.11 Å². The summed E-state index contributed by atoms with van der Waals surface area (Å²) in [6.45, 7) is 4.68. The lowest BCUT2D eigenvalue weighted by atomic mass is 10.0. The molecule has 0 saturated heterocycles. The normalized spacial score (nSPS) is 10.1. The van der Waals surface area contributed by atoms with Crippen molar-refractivity contribution in [1.82, 2.24) is 5.32 Å². The zero-order valence-electron chi connectivity index (χ0n) is 11.5. The van der Waals surface area contributed by atoms with Crippen LogP contribution in [-0.4, -0.2) is 17.6 Å². The van der Waals surface area contributed by atoms with Gasteiger partial charge in [0.1, 0.15) is 0 Å². The Morgan fingerprint density at radius 2 is 2.21 bits per heavy atom. The maximum Gasteiger partial charge on any atom is 0.223 e. The first-order valence-electron chi connectivity index (χ1n) is 6.66. The van der Waals surface area contributed by atoms with Crippen molar-refractivity contribution < 1.29 is 9.90 Å². The van der Waals surface area contributed by atoms with Crippen molar-refractivity contribution in [3.63, 3.8) is 0 Å². The van der Waals surface area contributed by atoms with E-state index in [2.05, 4.69) is 17.2 Å². The van der Waals surface area contributed by atoms with Gasteiger partial charge >= 0.3 is 0 Å². The lowest BCUT2D eigenvalue weighted by Gasteiger charge is -2.12. The Labute approximate surface area is 119 Å². The van der Waals surface area contributed by atoms with Gasteiger partial charge < -0.3 is 10.4 Å². The molecule has 1 amide bonds. The average Bonchev–Trinajstić information content (AvgIpc) is 2.86. The monoisotopic (exact) mass is 279 g/mol.